The van der Waals surface area contributed by atoms with Crippen LogP contribution in [0.25, 0.3) is 10.8 Å². The van der Waals surface area contributed by atoms with Crippen molar-refractivity contribution >= 4 is 39.9 Å². The topological polar surface area (TPSA) is 85.1 Å². The van der Waals surface area contributed by atoms with E-state index in [-0.39, 0.29) is 12.3 Å². The van der Waals surface area contributed by atoms with Gasteiger partial charge in [-0.05, 0) is 30.2 Å². The molecule has 2 amide bonds. The number of carbonyl (C=O) groups excluding carboxylic acids is 2. The molecule has 3 rings (SSSR count). The van der Waals surface area contributed by atoms with Crippen molar-refractivity contribution in [1.29, 1.82) is 0 Å². The van der Waals surface area contributed by atoms with Crippen molar-refractivity contribution in [3.05, 3.63) is 71.0 Å². The van der Waals surface area contributed by atoms with E-state index in [1.54, 1.807) is 37.5 Å². The van der Waals surface area contributed by atoms with Gasteiger partial charge in [0.25, 0.3) is 0 Å². The first kappa shape index (κ1) is 17.9. The minimum Gasteiger partial charge on any atom is -0.369 e. The van der Waals surface area contributed by atoms with E-state index < -0.39 is 11.8 Å². The normalized spacial score (nSPS) is 11.9. The lowest BCUT2D eigenvalue weighted by Crippen LogP contribution is -2.19. The molecule has 1 heterocycles. The van der Waals surface area contributed by atoms with Gasteiger partial charge in [-0.2, -0.15) is 0 Å². The second-order valence-corrected chi connectivity index (χ2v) is 6.59. The average Bonchev–Trinajstić information content (AvgIpc) is 2.60. The van der Waals surface area contributed by atoms with Crippen molar-refractivity contribution in [2.24, 2.45) is 5.73 Å². The summed E-state index contributed by atoms with van der Waals surface area (Å²) in [7, 11) is 0. The molecule has 0 aliphatic heterocycles. The maximum absolute atomic E-state index is 12.5. The molecule has 0 saturated carbocycles. The van der Waals surface area contributed by atoms with Crippen LogP contribution < -0.4 is 11.1 Å². The monoisotopic (exact) mass is 367 g/mol. The van der Waals surface area contributed by atoms with Crippen molar-refractivity contribution in [2.45, 2.75) is 19.3 Å². The van der Waals surface area contributed by atoms with Crippen molar-refractivity contribution < 1.29 is 9.59 Å². The van der Waals surface area contributed by atoms with Crippen LogP contribution in [0.4, 0.5) is 5.69 Å². The van der Waals surface area contributed by atoms with Crippen LogP contribution in [0.2, 0.25) is 5.02 Å². The van der Waals surface area contributed by atoms with E-state index >= 15 is 0 Å². The van der Waals surface area contributed by atoms with Gasteiger partial charge in [0, 0.05) is 22.0 Å². The summed E-state index contributed by atoms with van der Waals surface area (Å²) in [6, 6.07) is 12.9. The first-order chi connectivity index (χ1) is 12.4. The number of fused-ring (bicyclic) bond motifs is 1. The lowest BCUT2D eigenvalue weighted by atomic mass is 9.97. The first-order valence-corrected chi connectivity index (χ1v) is 8.53. The van der Waals surface area contributed by atoms with E-state index in [0.29, 0.717) is 21.8 Å². The Morgan fingerprint density at radius 2 is 1.96 bits per heavy atom. The van der Waals surface area contributed by atoms with Crippen molar-refractivity contribution in [3.63, 3.8) is 0 Å². The predicted molar refractivity (Wildman–Crippen MR) is 103 cm³/mol. The molecule has 1 aromatic heterocycles. The molecule has 0 fully saturated rings. The summed E-state index contributed by atoms with van der Waals surface area (Å²) in [5.74, 6) is -1.11. The fourth-order valence-electron chi connectivity index (χ4n) is 2.79. The van der Waals surface area contributed by atoms with Gasteiger partial charge in [-0.1, -0.05) is 41.9 Å². The number of pyridine rings is 1. The molecule has 3 N–H and O–H groups in total. The van der Waals surface area contributed by atoms with Crippen molar-refractivity contribution in [1.82, 2.24) is 4.98 Å². The van der Waals surface area contributed by atoms with Crippen LogP contribution in [0, 0.1) is 0 Å². The fourth-order valence-corrected chi connectivity index (χ4v) is 3.05. The average molecular weight is 368 g/mol. The molecule has 1 atom stereocenters. The van der Waals surface area contributed by atoms with Crippen molar-refractivity contribution in [3.8, 4) is 0 Å². The zero-order chi connectivity index (χ0) is 18.7. The summed E-state index contributed by atoms with van der Waals surface area (Å²) in [6.07, 6.45) is 3.50. The van der Waals surface area contributed by atoms with Gasteiger partial charge < -0.3 is 11.1 Å². The Kier molecular flexibility index (Phi) is 5.19. The molecule has 6 heteroatoms. The number of hydrogen-bond donors (Lipinski definition) is 2. The number of aromatic nitrogens is 1. The number of amides is 2. The first-order valence-electron chi connectivity index (χ1n) is 8.15. The SMILES string of the molecule is CC(C(N)=O)c1cc(Cl)cc(CC(=O)Nc2cncc3ccccc23)c1. The number of primary amides is 1. The number of nitrogens with two attached hydrogens (primary N) is 1. The molecule has 1 unspecified atom stereocenters. The third-order valence-electron chi connectivity index (χ3n) is 4.21. The smallest absolute Gasteiger partial charge is 0.228 e. The summed E-state index contributed by atoms with van der Waals surface area (Å²) < 4.78 is 0. The van der Waals surface area contributed by atoms with Crippen LogP contribution in [0.1, 0.15) is 24.0 Å². The number of nitrogens with one attached hydrogen (secondary N) is 1. The highest BCUT2D eigenvalue weighted by atomic mass is 35.5. The maximum Gasteiger partial charge on any atom is 0.228 e. The van der Waals surface area contributed by atoms with Crippen LogP contribution in [0.3, 0.4) is 0 Å². The Labute approximate surface area is 156 Å². The molecule has 0 radical (unpaired) electrons. The van der Waals surface area contributed by atoms with Gasteiger partial charge in [0.1, 0.15) is 0 Å². The molecule has 3 aromatic rings. The zero-order valence-electron chi connectivity index (χ0n) is 14.2. The number of benzene rings is 2. The molecule has 0 spiro atoms. The third-order valence-corrected chi connectivity index (χ3v) is 4.43. The highest BCUT2D eigenvalue weighted by molar-refractivity contribution is 6.30. The Balaban J connectivity index is 1.81. The van der Waals surface area contributed by atoms with Gasteiger partial charge in [0.15, 0.2) is 0 Å². The fraction of sp³-hybridized carbons (Fsp3) is 0.150. The molecular weight excluding hydrogens is 350 g/mol. The second kappa shape index (κ2) is 7.54. The Bertz CT molecular complexity index is 982. The number of halogens is 1. The molecule has 2 aromatic carbocycles. The van der Waals surface area contributed by atoms with E-state index in [0.717, 1.165) is 10.8 Å². The standard InChI is InChI=1S/C20H18ClN3O2/c1-12(20(22)26)15-6-13(7-16(21)9-15)8-19(25)24-18-11-23-10-14-4-2-3-5-17(14)18/h2-7,9-12H,8H2,1H3,(H2,22,26)(H,24,25). The van der Waals surface area contributed by atoms with E-state index in [1.807, 2.05) is 24.3 Å². The lowest BCUT2D eigenvalue weighted by Gasteiger charge is -2.12. The van der Waals surface area contributed by atoms with Gasteiger partial charge in [0.2, 0.25) is 11.8 Å². The summed E-state index contributed by atoms with van der Waals surface area (Å²) in [4.78, 5) is 28.0. The third kappa shape index (κ3) is 4.00. The number of nitrogens with zero attached hydrogens (tertiary/aromatic N) is 1. The highest BCUT2D eigenvalue weighted by Crippen LogP contribution is 2.24. The van der Waals surface area contributed by atoms with Crippen LogP contribution in [-0.4, -0.2) is 16.8 Å². The molecular formula is C20H18ClN3O2. The van der Waals surface area contributed by atoms with Gasteiger partial charge >= 0.3 is 0 Å². The molecule has 0 bridgehead atoms. The van der Waals surface area contributed by atoms with E-state index in [4.69, 9.17) is 17.3 Å². The van der Waals surface area contributed by atoms with E-state index in [9.17, 15) is 9.59 Å². The van der Waals surface area contributed by atoms with Crippen molar-refractivity contribution in [2.75, 3.05) is 5.32 Å². The molecule has 0 aliphatic rings. The van der Waals surface area contributed by atoms with Gasteiger partial charge in [-0.25, -0.2) is 0 Å². The lowest BCUT2D eigenvalue weighted by molar-refractivity contribution is -0.119. The van der Waals surface area contributed by atoms with Gasteiger partial charge in [-0.15, -0.1) is 0 Å². The summed E-state index contributed by atoms with van der Waals surface area (Å²) in [5.41, 5.74) is 7.42. The molecule has 0 aliphatic carbocycles. The predicted octanol–water partition coefficient (Wildman–Crippen LogP) is 3.66. The number of hydrogen-bond acceptors (Lipinski definition) is 3. The molecule has 132 valence electrons. The Hall–Kier alpha value is -2.92. The van der Waals surface area contributed by atoms with E-state index in [2.05, 4.69) is 10.3 Å². The van der Waals surface area contributed by atoms with Crippen LogP contribution in [0.15, 0.2) is 54.9 Å². The maximum atomic E-state index is 12.5. The molecule has 0 saturated heterocycles. The second-order valence-electron chi connectivity index (χ2n) is 6.15. The Morgan fingerprint density at radius 3 is 2.73 bits per heavy atom. The number of rotatable bonds is 5. The van der Waals surface area contributed by atoms with Crippen LogP contribution in [-0.2, 0) is 16.0 Å². The summed E-state index contributed by atoms with van der Waals surface area (Å²) in [5, 5.41) is 5.22. The largest absolute Gasteiger partial charge is 0.369 e. The summed E-state index contributed by atoms with van der Waals surface area (Å²) in [6.45, 7) is 1.71. The van der Waals surface area contributed by atoms with Gasteiger partial charge in [-0.3, -0.25) is 14.6 Å². The Morgan fingerprint density at radius 1 is 1.19 bits per heavy atom. The van der Waals surface area contributed by atoms with E-state index in [1.165, 1.54) is 0 Å². The number of carbonyl (C=O) groups is 2. The highest BCUT2D eigenvalue weighted by Gasteiger charge is 2.15. The van der Waals surface area contributed by atoms with Gasteiger partial charge in [0.05, 0.1) is 24.2 Å². The van der Waals surface area contributed by atoms with Crippen LogP contribution >= 0.6 is 11.6 Å². The molecule has 26 heavy (non-hydrogen) atoms. The number of anilines is 1. The minimum absolute atomic E-state index is 0.127. The quantitative estimate of drug-likeness (QED) is 0.721. The summed E-state index contributed by atoms with van der Waals surface area (Å²) >= 11 is 6.13. The molecule has 5 nitrogen and oxygen atoms in total. The zero-order valence-corrected chi connectivity index (χ0v) is 15.0. The van der Waals surface area contributed by atoms with Crippen LogP contribution in [0.5, 0.6) is 0 Å². The minimum atomic E-state index is -0.474.